The van der Waals surface area contributed by atoms with Crippen LogP contribution in [0.1, 0.15) is 13.3 Å². The highest BCUT2D eigenvalue weighted by atomic mass is 35.5. The van der Waals surface area contributed by atoms with Gasteiger partial charge < -0.3 is 5.11 Å². The summed E-state index contributed by atoms with van der Waals surface area (Å²) in [7, 11) is 0. The summed E-state index contributed by atoms with van der Waals surface area (Å²) in [5.74, 6) is 0.109. The molecule has 48 valence electrons. The Morgan fingerprint density at radius 1 is 1.88 bits per heavy atom. The summed E-state index contributed by atoms with van der Waals surface area (Å²) in [6.07, 6.45) is -0.488. The van der Waals surface area contributed by atoms with Crippen LogP contribution in [0.25, 0.3) is 0 Å². The second kappa shape index (κ2) is 3.87. The van der Waals surface area contributed by atoms with Crippen LogP contribution in [0.3, 0.4) is 0 Å². The van der Waals surface area contributed by atoms with Crippen molar-refractivity contribution in [2.45, 2.75) is 19.4 Å². The van der Waals surface area contributed by atoms with E-state index in [-0.39, 0.29) is 18.1 Å². The normalized spacial score (nSPS) is 13.4. The first kappa shape index (κ1) is 7.92. The van der Waals surface area contributed by atoms with Crippen molar-refractivity contribution in [2.75, 3.05) is 5.88 Å². The molecule has 0 heterocycles. The van der Waals surface area contributed by atoms with Gasteiger partial charge >= 0.3 is 0 Å². The van der Waals surface area contributed by atoms with Crippen molar-refractivity contribution in [3.63, 3.8) is 0 Å². The molecule has 0 spiro atoms. The minimum absolute atomic E-state index is 0.0295. The van der Waals surface area contributed by atoms with E-state index in [1.807, 2.05) is 0 Å². The molecule has 8 heavy (non-hydrogen) atoms. The van der Waals surface area contributed by atoms with Gasteiger partial charge in [-0.15, -0.1) is 11.6 Å². The highest BCUT2D eigenvalue weighted by Crippen LogP contribution is 1.93. The summed E-state index contributed by atoms with van der Waals surface area (Å²) in [6.45, 7) is 1.43. The van der Waals surface area contributed by atoms with Crippen molar-refractivity contribution in [3.8, 4) is 0 Å². The van der Waals surface area contributed by atoms with E-state index < -0.39 is 6.10 Å². The lowest BCUT2D eigenvalue weighted by Gasteiger charge is -1.99. The zero-order chi connectivity index (χ0) is 6.57. The smallest absolute Gasteiger partial charge is 0.132 e. The molecule has 0 aliphatic heterocycles. The van der Waals surface area contributed by atoms with Crippen LogP contribution in [0.2, 0.25) is 0 Å². The Balaban J connectivity index is 3.24. The average Bonchev–Trinajstić information content (AvgIpc) is 1.65. The van der Waals surface area contributed by atoms with Crippen molar-refractivity contribution >= 4 is 17.4 Å². The lowest BCUT2D eigenvalue weighted by Crippen LogP contribution is -2.12. The summed E-state index contributed by atoms with van der Waals surface area (Å²) in [6, 6.07) is 0. The largest absolute Gasteiger partial charge is 0.391 e. The number of carbonyl (C=O) groups is 1. The molecule has 0 radical (unpaired) electrons. The number of rotatable bonds is 3. The molecule has 0 fully saturated rings. The van der Waals surface area contributed by atoms with E-state index in [2.05, 4.69) is 0 Å². The number of alkyl halides is 1. The Morgan fingerprint density at radius 2 is 2.38 bits per heavy atom. The van der Waals surface area contributed by atoms with Crippen LogP contribution in [-0.4, -0.2) is 22.9 Å². The van der Waals surface area contributed by atoms with Gasteiger partial charge in [-0.25, -0.2) is 0 Å². The van der Waals surface area contributed by atoms with Gasteiger partial charge in [-0.2, -0.15) is 0 Å². The van der Waals surface area contributed by atoms with E-state index in [0.717, 1.165) is 0 Å². The number of aliphatic hydroxyl groups excluding tert-OH is 1. The molecular formula is C5H9ClO2. The number of aliphatic hydroxyl groups is 1. The van der Waals surface area contributed by atoms with Crippen LogP contribution in [-0.2, 0) is 4.79 Å². The molecule has 0 aromatic heterocycles. The number of Topliss-reactive ketones (excluding diaryl/α,β-unsaturated/α-hetero) is 1. The van der Waals surface area contributed by atoms with Crippen molar-refractivity contribution < 1.29 is 9.90 Å². The third kappa shape index (κ3) is 4.09. The van der Waals surface area contributed by atoms with Gasteiger partial charge in [0.15, 0.2) is 0 Å². The molecule has 0 amide bonds. The number of hydrogen-bond acceptors (Lipinski definition) is 2. The van der Waals surface area contributed by atoms with E-state index in [1.165, 1.54) is 6.92 Å². The van der Waals surface area contributed by atoms with E-state index >= 15 is 0 Å². The Hall–Kier alpha value is -0.0800. The Labute approximate surface area is 53.5 Å². The predicted molar refractivity (Wildman–Crippen MR) is 32.0 cm³/mol. The highest BCUT2D eigenvalue weighted by molar-refractivity contribution is 6.18. The number of carbonyl (C=O) groups excluding carboxylic acids is 1. The van der Waals surface area contributed by atoms with Crippen molar-refractivity contribution in [3.05, 3.63) is 0 Å². The lowest BCUT2D eigenvalue weighted by molar-refractivity contribution is -0.118. The van der Waals surface area contributed by atoms with Crippen LogP contribution >= 0.6 is 11.6 Å². The highest BCUT2D eigenvalue weighted by Gasteiger charge is 2.03. The Morgan fingerprint density at radius 3 is 2.50 bits per heavy atom. The SMILES string of the molecule is CC(=O)CC(O)CCl. The van der Waals surface area contributed by atoms with E-state index in [9.17, 15) is 4.79 Å². The van der Waals surface area contributed by atoms with Crippen molar-refractivity contribution in [1.82, 2.24) is 0 Å². The first-order valence-electron chi connectivity index (χ1n) is 2.40. The summed E-state index contributed by atoms with van der Waals surface area (Å²) < 4.78 is 0. The summed E-state index contributed by atoms with van der Waals surface area (Å²) in [5.41, 5.74) is 0. The molecule has 0 rings (SSSR count). The van der Waals surface area contributed by atoms with Gasteiger partial charge in [-0.1, -0.05) is 0 Å². The van der Waals surface area contributed by atoms with Gasteiger partial charge in [-0.3, -0.25) is 4.79 Å². The molecule has 1 unspecified atom stereocenters. The van der Waals surface area contributed by atoms with Gasteiger partial charge in [0.1, 0.15) is 5.78 Å². The monoisotopic (exact) mass is 136 g/mol. The average molecular weight is 137 g/mol. The van der Waals surface area contributed by atoms with E-state index in [0.29, 0.717) is 0 Å². The van der Waals surface area contributed by atoms with Crippen LogP contribution in [0.5, 0.6) is 0 Å². The standard InChI is InChI=1S/C5H9ClO2/c1-4(7)2-5(8)3-6/h5,8H,2-3H2,1H3. The molecule has 3 heteroatoms. The van der Waals surface area contributed by atoms with Crippen LogP contribution < -0.4 is 0 Å². The fourth-order valence-electron chi connectivity index (χ4n) is 0.386. The maximum absolute atomic E-state index is 10.2. The molecule has 0 aromatic rings. The molecule has 0 saturated carbocycles. The topological polar surface area (TPSA) is 37.3 Å². The third-order valence-corrected chi connectivity index (χ3v) is 1.06. The Bertz CT molecular complexity index is 82.5. The fourth-order valence-corrected chi connectivity index (χ4v) is 0.495. The first-order chi connectivity index (χ1) is 3.66. The Kier molecular flexibility index (Phi) is 3.83. The summed E-state index contributed by atoms with van der Waals surface area (Å²) in [5, 5.41) is 8.68. The maximum Gasteiger partial charge on any atom is 0.132 e. The minimum atomic E-state index is -0.658. The van der Waals surface area contributed by atoms with Crippen LogP contribution in [0.15, 0.2) is 0 Å². The molecule has 0 aliphatic carbocycles. The minimum Gasteiger partial charge on any atom is -0.391 e. The lowest BCUT2D eigenvalue weighted by atomic mass is 10.2. The van der Waals surface area contributed by atoms with Gasteiger partial charge in [-0.05, 0) is 6.92 Å². The van der Waals surface area contributed by atoms with Gasteiger partial charge in [0.2, 0.25) is 0 Å². The van der Waals surface area contributed by atoms with E-state index in [1.54, 1.807) is 0 Å². The van der Waals surface area contributed by atoms with Crippen LogP contribution in [0.4, 0.5) is 0 Å². The quantitative estimate of drug-likeness (QED) is 0.576. The van der Waals surface area contributed by atoms with Crippen LogP contribution in [0, 0.1) is 0 Å². The number of halogens is 1. The zero-order valence-corrected chi connectivity index (χ0v) is 5.48. The molecule has 0 saturated heterocycles. The molecular weight excluding hydrogens is 128 g/mol. The van der Waals surface area contributed by atoms with Gasteiger partial charge in [0, 0.05) is 12.3 Å². The van der Waals surface area contributed by atoms with Gasteiger partial charge in [0.25, 0.3) is 0 Å². The maximum atomic E-state index is 10.2. The molecule has 1 atom stereocenters. The molecule has 0 bridgehead atoms. The number of hydrogen-bond donors (Lipinski definition) is 1. The summed E-state index contributed by atoms with van der Waals surface area (Å²) >= 11 is 5.19. The summed E-state index contributed by atoms with van der Waals surface area (Å²) in [4.78, 5) is 10.2. The zero-order valence-electron chi connectivity index (χ0n) is 4.72. The molecule has 0 aromatic carbocycles. The predicted octanol–water partition coefficient (Wildman–Crippen LogP) is 0.565. The van der Waals surface area contributed by atoms with E-state index in [4.69, 9.17) is 16.7 Å². The van der Waals surface area contributed by atoms with Crippen molar-refractivity contribution in [2.24, 2.45) is 0 Å². The fraction of sp³-hybridized carbons (Fsp3) is 0.800. The molecule has 2 nitrogen and oxygen atoms in total. The molecule has 1 N–H and O–H groups in total. The second-order valence-electron chi connectivity index (χ2n) is 1.71. The molecule has 0 aliphatic rings. The first-order valence-corrected chi connectivity index (χ1v) is 2.93. The van der Waals surface area contributed by atoms with Crippen molar-refractivity contribution in [1.29, 1.82) is 0 Å². The third-order valence-electron chi connectivity index (χ3n) is 0.701. The second-order valence-corrected chi connectivity index (χ2v) is 2.02. The number of ketones is 1. The van der Waals surface area contributed by atoms with Gasteiger partial charge in [0.05, 0.1) is 6.10 Å².